The first kappa shape index (κ1) is 11.8. The number of carbonyl (C=O) groups excluding carboxylic acids is 1. The zero-order chi connectivity index (χ0) is 12.1. The van der Waals surface area contributed by atoms with Gasteiger partial charge in [-0.2, -0.15) is 0 Å². The van der Waals surface area contributed by atoms with Gasteiger partial charge in [0.15, 0.2) is 11.5 Å². The molecule has 2 rings (SSSR count). The molecule has 1 heterocycles. The van der Waals surface area contributed by atoms with E-state index in [1.54, 1.807) is 0 Å². The number of rotatable bonds is 6. The van der Waals surface area contributed by atoms with Crippen molar-refractivity contribution in [3.63, 3.8) is 0 Å². The third kappa shape index (κ3) is 3.12. The van der Waals surface area contributed by atoms with Gasteiger partial charge in [0.25, 0.3) is 0 Å². The monoisotopic (exact) mass is 236 g/mol. The summed E-state index contributed by atoms with van der Waals surface area (Å²) in [5, 5.41) is 0. The van der Waals surface area contributed by atoms with E-state index in [1.807, 2.05) is 25.1 Å². The molecule has 0 aromatic heterocycles. The highest BCUT2D eigenvalue weighted by atomic mass is 16.7. The van der Waals surface area contributed by atoms with Gasteiger partial charge in [-0.3, -0.25) is 4.79 Å². The Balaban J connectivity index is 1.78. The molecule has 4 nitrogen and oxygen atoms in total. The quantitative estimate of drug-likeness (QED) is 0.712. The van der Waals surface area contributed by atoms with Crippen LogP contribution in [0.4, 0.5) is 0 Å². The van der Waals surface area contributed by atoms with E-state index in [9.17, 15) is 4.79 Å². The second-order valence-corrected chi connectivity index (χ2v) is 3.86. The number of fused-ring (bicyclic) bond motifs is 1. The smallest absolute Gasteiger partial charge is 0.231 e. The molecule has 0 saturated heterocycles. The zero-order valence-electron chi connectivity index (χ0n) is 9.90. The summed E-state index contributed by atoms with van der Waals surface area (Å²) in [4.78, 5) is 11.1. The van der Waals surface area contributed by atoms with Gasteiger partial charge < -0.3 is 14.2 Å². The lowest BCUT2D eigenvalue weighted by molar-refractivity contribution is -0.118. The number of ketones is 1. The highest BCUT2D eigenvalue weighted by Crippen LogP contribution is 2.35. The van der Waals surface area contributed by atoms with Crippen molar-refractivity contribution in [2.45, 2.75) is 26.2 Å². The molecule has 0 unspecified atom stereocenters. The first-order chi connectivity index (χ1) is 8.29. The lowest BCUT2D eigenvalue weighted by atomic mass is 10.2. The van der Waals surface area contributed by atoms with Crippen LogP contribution in [0.2, 0.25) is 0 Å². The lowest BCUT2D eigenvalue weighted by Gasteiger charge is -2.06. The number of carbonyl (C=O) groups is 1. The Morgan fingerprint density at radius 2 is 2.18 bits per heavy atom. The van der Waals surface area contributed by atoms with Crippen LogP contribution in [0.1, 0.15) is 26.2 Å². The summed E-state index contributed by atoms with van der Waals surface area (Å²) in [5.74, 6) is 2.49. The largest absolute Gasteiger partial charge is 0.493 e. The predicted molar refractivity (Wildman–Crippen MR) is 62.6 cm³/mol. The molecule has 0 amide bonds. The number of ether oxygens (including phenoxy) is 3. The fraction of sp³-hybridized carbons (Fsp3) is 0.462. The minimum absolute atomic E-state index is 0.268. The first-order valence-corrected chi connectivity index (χ1v) is 5.83. The van der Waals surface area contributed by atoms with Crippen molar-refractivity contribution in [1.82, 2.24) is 0 Å². The first-order valence-electron chi connectivity index (χ1n) is 5.83. The number of hydrogen-bond donors (Lipinski definition) is 0. The highest BCUT2D eigenvalue weighted by Gasteiger charge is 2.13. The van der Waals surface area contributed by atoms with E-state index in [2.05, 4.69) is 0 Å². The van der Waals surface area contributed by atoms with Crippen LogP contribution >= 0.6 is 0 Å². The van der Waals surface area contributed by atoms with Gasteiger partial charge in [0, 0.05) is 18.9 Å². The average molecular weight is 236 g/mol. The molecule has 0 saturated carbocycles. The van der Waals surface area contributed by atoms with Gasteiger partial charge in [0.2, 0.25) is 6.79 Å². The highest BCUT2D eigenvalue weighted by molar-refractivity contribution is 5.77. The summed E-state index contributed by atoms with van der Waals surface area (Å²) < 4.78 is 16.0. The SMILES string of the molecule is CCC(=O)CCCOc1ccc2c(c1)OCO2. The Morgan fingerprint density at radius 3 is 3.00 bits per heavy atom. The van der Waals surface area contributed by atoms with Crippen LogP contribution < -0.4 is 14.2 Å². The number of benzene rings is 1. The Hall–Kier alpha value is -1.71. The fourth-order valence-electron chi connectivity index (χ4n) is 1.60. The van der Waals surface area contributed by atoms with Crippen molar-refractivity contribution in [3.05, 3.63) is 18.2 Å². The molecule has 0 fully saturated rings. The van der Waals surface area contributed by atoms with Crippen LogP contribution in [0.15, 0.2) is 18.2 Å². The molecule has 0 radical (unpaired) electrons. The van der Waals surface area contributed by atoms with Gasteiger partial charge in [0.1, 0.15) is 11.5 Å². The van der Waals surface area contributed by atoms with Crippen molar-refractivity contribution in [2.75, 3.05) is 13.4 Å². The minimum atomic E-state index is 0.268. The van der Waals surface area contributed by atoms with Gasteiger partial charge >= 0.3 is 0 Å². The molecule has 92 valence electrons. The molecule has 0 bridgehead atoms. The maximum Gasteiger partial charge on any atom is 0.231 e. The van der Waals surface area contributed by atoms with Crippen LogP contribution in [0.3, 0.4) is 0 Å². The van der Waals surface area contributed by atoms with Crippen molar-refractivity contribution >= 4 is 5.78 Å². The van der Waals surface area contributed by atoms with Crippen molar-refractivity contribution in [3.8, 4) is 17.2 Å². The topological polar surface area (TPSA) is 44.8 Å². The standard InChI is InChI=1S/C13H16O4/c1-2-10(14)4-3-7-15-11-5-6-12-13(8-11)17-9-16-12/h5-6,8H,2-4,7,9H2,1H3. The molecular weight excluding hydrogens is 220 g/mol. The maximum absolute atomic E-state index is 11.1. The van der Waals surface area contributed by atoms with Crippen molar-refractivity contribution in [2.24, 2.45) is 0 Å². The van der Waals surface area contributed by atoms with Crippen molar-refractivity contribution in [1.29, 1.82) is 0 Å². The van der Waals surface area contributed by atoms with Gasteiger partial charge in [-0.1, -0.05) is 6.92 Å². The van der Waals surface area contributed by atoms with Gasteiger partial charge in [-0.15, -0.1) is 0 Å². The molecule has 4 heteroatoms. The second-order valence-electron chi connectivity index (χ2n) is 3.86. The van der Waals surface area contributed by atoms with E-state index >= 15 is 0 Å². The third-order valence-corrected chi connectivity index (χ3v) is 2.61. The number of hydrogen-bond acceptors (Lipinski definition) is 4. The van der Waals surface area contributed by atoms with E-state index in [0.717, 1.165) is 17.9 Å². The molecule has 1 aromatic carbocycles. The average Bonchev–Trinajstić information content (AvgIpc) is 2.81. The van der Waals surface area contributed by atoms with Gasteiger partial charge in [0.05, 0.1) is 6.61 Å². The minimum Gasteiger partial charge on any atom is -0.493 e. The predicted octanol–water partition coefficient (Wildman–Crippen LogP) is 2.55. The molecule has 1 aromatic rings. The third-order valence-electron chi connectivity index (χ3n) is 2.61. The Labute approximate surface area is 100 Å². The molecular formula is C13H16O4. The number of Topliss-reactive ketones (excluding diaryl/α,β-unsaturated/α-hetero) is 1. The van der Waals surface area contributed by atoms with Crippen LogP contribution in [0, 0.1) is 0 Å². The molecule has 0 spiro atoms. The van der Waals surface area contributed by atoms with Crippen LogP contribution in [-0.2, 0) is 4.79 Å². The van der Waals surface area contributed by atoms with Crippen LogP contribution in [0.5, 0.6) is 17.2 Å². The molecule has 1 aliphatic rings. The lowest BCUT2D eigenvalue weighted by Crippen LogP contribution is -2.02. The van der Waals surface area contributed by atoms with Crippen LogP contribution in [-0.4, -0.2) is 19.2 Å². The Bertz CT molecular complexity index is 400. The fourth-order valence-corrected chi connectivity index (χ4v) is 1.60. The summed E-state index contributed by atoms with van der Waals surface area (Å²) in [7, 11) is 0. The normalized spacial score (nSPS) is 12.5. The molecule has 1 aliphatic heterocycles. The molecule has 17 heavy (non-hydrogen) atoms. The zero-order valence-corrected chi connectivity index (χ0v) is 9.90. The Kier molecular flexibility index (Phi) is 3.85. The van der Waals surface area contributed by atoms with Gasteiger partial charge in [-0.05, 0) is 18.6 Å². The van der Waals surface area contributed by atoms with E-state index in [4.69, 9.17) is 14.2 Å². The van der Waals surface area contributed by atoms with E-state index < -0.39 is 0 Å². The summed E-state index contributed by atoms with van der Waals surface area (Å²) in [6.45, 7) is 2.69. The molecule has 0 N–H and O–H groups in total. The van der Waals surface area contributed by atoms with E-state index in [0.29, 0.717) is 25.2 Å². The summed E-state index contributed by atoms with van der Waals surface area (Å²) in [6, 6.07) is 5.48. The van der Waals surface area contributed by atoms with E-state index in [-0.39, 0.29) is 12.6 Å². The van der Waals surface area contributed by atoms with Gasteiger partial charge in [-0.25, -0.2) is 0 Å². The van der Waals surface area contributed by atoms with Crippen LogP contribution in [0.25, 0.3) is 0 Å². The summed E-state index contributed by atoms with van der Waals surface area (Å²) in [6.07, 6.45) is 1.94. The Morgan fingerprint density at radius 1 is 1.35 bits per heavy atom. The molecule has 0 atom stereocenters. The van der Waals surface area contributed by atoms with Crippen molar-refractivity contribution < 1.29 is 19.0 Å². The second kappa shape index (κ2) is 5.57. The molecule has 0 aliphatic carbocycles. The maximum atomic E-state index is 11.1. The summed E-state index contributed by atoms with van der Waals surface area (Å²) >= 11 is 0. The van der Waals surface area contributed by atoms with E-state index in [1.165, 1.54) is 0 Å². The summed E-state index contributed by atoms with van der Waals surface area (Å²) in [5.41, 5.74) is 0.